The van der Waals surface area contributed by atoms with Crippen molar-refractivity contribution in [3.8, 4) is 0 Å². The minimum Gasteiger partial charge on any atom is -0.371 e. The highest BCUT2D eigenvalue weighted by Crippen LogP contribution is 2.30. The minimum absolute atomic E-state index is 0.112. The molecular formula is C13H26N2O. The Morgan fingerprint density at radius 2 is 2.19 bits per heavy atom. The Bertz CT molecular complexity index is 230. The Balaban J connectivity index is 1.71. The van der Waals surface area contributed by atoms with Crippen molar-refractivity contribution in [2.24, 2.45) is 11.7 Å². The lowest BCUT2D eigenvalue weighted by Gasteiger charge is -2.23. The van der Waals surface area contributed by atoms with E-state index in [1.54, 1.807) is 0 Å². The van der Waals surface area contributed by atoms with Gasteiger partial charge in [-0.1, -0.05) is 0 Å². The van der Waals surface area contributed by atoms with E-state index in [0.29, 0.717) is 6.10 Å². The highest BCUT2D eigenvalue weighted by Gasteiger charge is 2.33. The van der Waals surface area contributed by atoms with Crippen LogP contribution in [-0.2, 0) is 4.74 Å². The van der Waals surface area contributed by atoms with E-state index >= 15 is 0 Å². The Morgan fingerprint density at radius 1 is 1.38 bits per heavy atom. The summed E-state index contributed by atoms with van der Waals surface area (Å²) in [5, 5.41) is 0. The minimum atomic E-state index is 0.112. The zero-order valence-corrected chi connectivity index (χ0v) is 10.7. The van der Waals surface area contributed by atoms with Crippen LogP contribution in [0.1, 0.15) is 39.5 Å². The number of nitrogens with zero attached hydrogens (tertiary/aromatic N) is 1. The van der Waals surface area contributed by atoms with Crippen LogP contribution in [0.15, 0.2) is 0 Å². The van der Waals surface area contributed by atoms with Gasteiger partial charge in [-0.25, -0.2) is 0 Å². The molecule has 2 atom stereocenters. The molecule has 0 aromatic carbocycles. The summed E-state index contributed by atoms with van der Waals surface area (Å²) in [6.45, 7) is 8.85. The first kappa shape index (κ1) is 12.3. The molecule has 0 aromatic rings. The molecule has 2 saturated heterocycles. The maximum absolute atomic E-state index is 6.04. The number of ether oxygens (including phenoxy) is 1. The van der Waals surface area contributed by atoms with E-state index in [9.17, 15) is 0 Å². The standard InChI is InChI=1S/C13H26N2O/c1-13(2)6-3-12(16-13)10-15-8-5-11(9-15)4-7-14/h11-12H,3-10,14H2,1-2H3. The van der Waals surface area contributed by atoms with Crippen LogP contribution in [-0.4, -0.2) is 42.8 Å². The molecule has 0 bridgehead atoms. The third kappa shape index (κ3) is 3.19. The number of hydrogen-bond acceptors (Lipinski definition) is 3. The Morgan fingerprint density at radius 3 is 2.81 bits per heavy atom. The average Bonchev–Trinajstić information content (AvgIpc) is 2.75. The van der Waals surface area contributed by atoms with Crippen molar-refractivity contribution < 1.29 is 4.74 Å². The van der Waals surface area contributed by atoms with E-state index in [0.717, 1.165) is 19.0 Å². The van der Waals surface area contributed by atoms with Gasteiger partial charge < -0.3 is 15.4 Å². The van der Waals surface area contributed by atoms with E-state index in [1.165, 1.54) is 38.8 Å². The van der Waals surface area contributed by atoms with Gasteiger partial charge in [0.05, 0.1) is 11.7 Å². The van der Waals surface area contributed by atoms with Crippen LogP contribution in [0.25, 0.3) is 0 Å². The van der Waals surface area contributed by atoms with Crippen molar-refractivity contribution in [1.29, 1.82) is 0 Å². The highest BCUT2D eigenvalue weighted by molar-refractivity contribution is 4.85. The van der Waals surface area contributed by atoms with E-state index in [1.807, 2.05) is 0 Å². The molecule has 2 aliphatic rings. The van der Waals surface area contributed by atoms with Crippen LogP contribution in [0.5, 0.6) is 0 Å². The molecule has 3 nitrogen and oxygen atoms in total. The fraction of sp³-hybridized carbons (Fsp3) is 1.00. The Kier molecular flexibility index (Phi) is 3.88. The van der Waals surface area contributed by atoms with Crippen LogP contribution < -0.4 is 5.73 Å². The lowest BCUT2D eigenvalue weighted by atomic mass is 10.1. The second-order valence-corrected chi connectivity index (χ2v) is 6.03. The largest absolute Gasteiger partial charge is 0.371 e. The second-order valence-electron chi connectivity index (χ2n) is 6.03. The third-order valence-corrected chi connectivity index (χ3v) is 3.96. The summed E-state index contributed by atoms with van der Waals surface area (Å²) >= 11 is 0. The molecule has 0 aliphatic carbocycles. The van der Waals surface area contributed by atoms with Crippen molar-refractivity contribution >= 4 is 0 Å². The molecule has 2 heterocycles. The van der Waals surface area contributed by atoms with E-state index in [2.05, 4.69) is 18.7 Å². The third-order valence-electron chi connectivity index (χ3n) is 3.96. The monoisotopic (exact) mass is 226 g/mol. The van der Waals surface area contributed by atoms with E-state index in [4.69, 9.17) is 10.5 Å². The predicted octanol–water partition coefficient (Wildman–Crippen LogP) is 1.61. The summed E-state index contributed by atoms with van der Waals surface area (Å²) in [7, 11) is 0. The summed E-state index contributed by atoms with van der Waals surface area (Å²) in [4.78, 5) is 2.56. The average molecular weight is 226 g/mol. The molecule has 2 rings (SSSR count). The van der Waals surface area contributed by atoms with E-state index < -0.39 is 0 Å². The van der Waals surface area contributed by atoms with Gasteiger partial charge in [0.15, 0.2) is 0 Å². The van der Waals surface area contributed by atoms with Crippen molar-refractivity contribution in [2.45, 2.75) is 51.2 Å². The van der Waals surface area contributed by atoms with Gasteiger partial charge in [-0.2, -0.15) is 0 Å². The lowest BCUT2D eigenvalue weighted by Crippen LogP contribution is -2.32. The summed E-state index contributed by atoms with van der Waals surface area (Å²) in [6.07, 6.45) is 5.41. The number of nitrogens with two attached hydrogens (primary N) is 1. The first-order chi connectivity index (χ1) is 7.59. The maximum atomic E-state index is 6.04. The second kappa shape index (κ2) is 5.03. The van der Waals surface area contributed by atoms with E-state index in [-0.39, 0.29) is 5.60 Å². The smallest absolute Gasteiger partial charge is 0.0710 e. The molecule has 3 heteroatoms. The summed E-state index contributed by atoms with van der Waals surface area (Å²) in [6, 6.07) is 0. The molecule has 0 amide bonds. The molecule has 2 fully saturated rings. The molecule has 2 aliphatic heterocycles. The van der Waals surface area contributed by atoms with Crippen LogP contribution in [0.2, 0.25) is 0 Å². The first-order valence-corrected chi connectivity index (χ1v) is 6.69. The molecule has 2 unspecified atom stereocenters. The van der Waals surface area contributed by atoms with Gasteiger partial charge in [0.1, 0.15) is 0 Å². The SMILES string of the molecule is CC1(C)CCC(CN2CCC(CCN)C2)O1. The zero-order chi connectivity index (χ0) is 11.6. The van der Waals surface area contributed by atoms with Crippen LogP contribution in [0.3, 0.4) is 0 Å². The van der Waals surface area contributed by atoms with Gasteiger partial charge in [-0.3, -0.25) is 0 Å². The quantitative estimate of drug-likeness (QED) is 0.791. The topological polar surface area (TPSA) is 38.5 Å². The van der Waals surface area contributed by atoms with Gasteiger partial charge >= 0.3 is 0 Å². The summed E-state index contributed by atoms with van der Waals surface area (Å²) in [5.41, 5.74) is 5.72. The Labute approximate surface area is 99.3 Å². The summed E-state index contributed by atoms with van der Waals surface area (Å²) < 4.78 is 6.04. The fourth-order valence-electron chi connectivity index (χ4n) is 3.04. The zero-order valence-electron chi connectivity index (χ0n) is 10.7. The Hall–Kier alpha value is -0.120. The van der Waals surface area contributed by atoms with Gasteiger partial charge in [-0.15, -0.1) is 0 Å². The molecule has 0 spiro atoms. The molecule has 0 saturated carbocycles. The first-order valence-electron chi connectivity index (χ1n) is 6.69. The van der Waals surface area contributed by atoms with Crippen molar-refractivity contribution in [2.75, 3.05) is 26.2 Å². The molecule has 0 aromatic heterocycles. The highest BCUT2D eigenvalue weighted by atomic mass is 16.5. The lowest BCUT2D eigenvalue weighted by molar-refractivity contribution is -0.0265. The van der Waals surface area contributed by atoms with Crippen LogP contribution in [0.4, 0.5) is 0 Å². The van der Waals surface area contributed by atoms with Crippen LogP contribution >= 0.6 is 0 Å². The molecule has 16 heavy (non-hydrogen) atoms. The molecule has 94 valence electrons. The summed E-state index contributed by atoms with van der Waals surface area (Å²) in [5.74, 6) is 0.833. The normalized spacial score (nSPS) is 34.7. The van der Waals surface area contributed by atoms with Gasteiger partial charge in [-0.05, 0) is 58.5 Å². The number of likely N-dealkylation sites (tertiary alicyclic amines) is 1. The predicted molar refractivity (Wildman–Crippen MR) is 66.4 cm³/mol. The number of hydrogen-bond donors (Lipinski definition) is 1. The molecular weight excluding hydrogens is 200 g/mol. The van der Waals surface area contributed by atoms with Crippen molar-refractivity contribution in [3.05, 3.63) is 0 Å². The van der Waals surface area contributed by atoms with Crippen LogP contribution in [0, 0.1) is 5.92 Å². The van der Waals surface area contributed by atoms with Crippen molar-refractivity contribution in [1.82, 2.24) is 4.90 Å². The number of rotatable bonds is 4. The fourth-order valence-corrected chi connectivity index (χ4v) is 3.04. The maximum Gasteiger partial charge on any atom is 0.0710 e. The van der Waals surface area contributed by atoms with Gasteiger partial charge in [0.25, 0.3) is 0 Å². The van der Waals surface area contributed by atoms with Crippen molar-refractivity contribution in [3.63, 3.8) is 0 Å². The molecule has 0 radical (unpaired) electrons. The molecule has 2 N–H and O–H groups in total. The van der Waals surface area contributed by atoms with Gasteiger partial charge in [0.2, 0.25) is 0 Å². The van der Waals surface area contributed by atoms with Gasteiger partial charge in [0, 0.05) is 13.1 Å².